The molecule has 1 N–H and O–H groups in total. The van der Waals surface area contributed by atoms with E-state index in [4.69, 9.17) is 10.5 Å². The minimum absolute atomic E-state index is 0.0812. The molecule has 17 heavy (non-hydrogen) atoms. The normalized spacial score (nSPS) is 10.5. The molecule has 0 spiro atoms. The molecule has 1 aromatic carbocycles. The van der Waals surface area contributed by atoms with E-state index >= 15 is 0 Å². The van der Waals surface area contributed by atoms with Crippen LogP contribution in [-0.2, 0) is 10.0 Å². The fourth-order valence-corrected chi connectivity index (χ4v) is 2.37. The van der Waals surface area contributed by atoms with Crippen LogP contribution in [0.5, 0.6) is 0 Å². The van der Waals surface area contributed by atoms with Crippen LogP contribution in [0.4, 0.5) is 0 Å². The number of nitriles is 2. The molecular weight excluding hydrogens is 238 g/mol. The summed E-state index contributed by atoms with van der Waals surface area (Å²) >= 11 is 0. The number of sulfonamides is 1. The van der Waals surface area contributed by atoms with Crippen LogP contribution >= 0.6 is 0 Å². The maximum atomic E-state index is 11.8. The Hall–Kier alpha value is -1.89. The Kier molecular flexibility index (Phi) is 4.22. The van der Waals surface area contributed by atoms with Gasteiger partial charge in [-0.15, -0.1) is 0 Å². The zero-order valence-corrected chi connectivity index (χ0v) is 10.1. The van der Waals surface area contributed by atoms with Crippen LogP contribution < -0.4 is 4.72 Å². The molecular formula is C11H11N3O2S. The highest BCUT2D eigenvalue weighted by Crippen LogP contribution is 2.14. The molecule has 1 aromatic rings. The third-order valence-corrected chi connectivity index (χ3v) is 3.62. The van der Waals surface area contributed by atoms with Gasteiger partial charge in [0.25, 0.3) is 0 Å². The number of aryl methyl sites for hydroxylation is 1. The second-order valence-corrected chi connectivity index (χ2v) is 5.16. The molecule has 0 heterocycles. The van der Waals surface area contributed by atoms with Crippen molar-refractivity contribution in [1.29, 1.82) is 10.5 Å². The number of rotatable bonds is 4. The third-order valence-electron chi connectivity index (χ3n) is 2.16. The van der Waals surface area contributed by atoms with Gasteiger partial charge in [-0.25, -0.2) is 13.1 Å². The molecule has 0 aliphatic rings. The van der Waals surface area contributed by atoms with Crippen molar-refractivity contribution >= 4 is 10.0 Å². The van der Waals surface area contributed by atoms with Gasteiger partial charge < -0.3 is 0 Å². The largest absolute Gasteiger partial charge is 0.240 e. The van der Waals surface area contributed by atoms with Crippen molar-refractivity contribution in [3.8, 4) is 12.1 Å². The predicted octanol–water partition coefficient (Wildman–Crippen LogP) is 1.06. The molecule has 1 rings (SSSR count). The first-order chi connectivity index (χ1) is 8.01. The molecule has 0 atom stereocenters. The van der Waals surface area contributed by atoms with Gasteiger partial charge in [-0.3, -0.25) is 0 Å². The first-order valence-electron chi connectivity index (χ1n) is 4.88. The fraction of sp³-hybridized carbons (Fsp3) is 0.273. The lowest BCUT2D eigenvalue weighted by Gasteiger charge is -2.06. The van der Waals surface area contributed by atoms with Crippen molar-refractivity contribution in [1.82, 2.24) is 4.72 Å². The van der Waals surface area contributed by atoms with E-state index in [1.165, 1.54) is 18.2 Å². The zero-order chi connectivity index (χ0) is 12.9. The molecule has 0 aliphatic carbocycles. The van der Waals surface area contributed by atoms with Gasteiger partial charge in [0.15, 0.2) is 0 Å². The number of nitrogens with one attached hydrogen (secondary N) is 1. The van der Waals surface area contributed by atoms with E-state index in [-0.39, 0.29) is 17.9 Å². The minimum Gasteiger partial charge on any atom is -0.210 e. The van der Waals surface area contributed by atoms with Crippen LogP contribution in [0, 0.1) is 29.6 Å². The highest BCUT2D eigenvalue weighted by molar-refractivity contribution is 7.89. The highest BCUT2D eigenvalue weighted by atomic mass is 32.2. The van der Waals surface area contributed by atoms with Crippen LogP contribution in [0.15, 0.2) is 23.1 Å². The molecule has 0 fully saturated rings. The summed E-state index contributed by atoms with van der Waals surface area (Å²) in [4.78, 5) is 0.104. The molecule has 88 valence electrons. The van der Waals surface area contributed by atoms with Crippen LogP contribution in [0.1, 0.15) is 17.5 Å². The summed E-state index contributed by atoms with van der Waals surface area (Å²) in [5.41, 5.74) is 1.05. The highest BCUT2D eigenvalue weighted by Gasteiger charge is 2.14. The van der Waals surface area contributed by atoms with Gasteiger partial charge >= 0.3 is 0 Å². The lowest BCUT2D eigenvalue weighted by molar-refractivity contribution is 0.582. The summed E-state index contributed by atoms with van der Waals surface area (Å²) in [5.74, 6) is 0. The average molecular weight is 249 g/mol. The number of benzene rings is 1. The number of nitrogens with zero attached hydrogens (tertiary/aromatic N) is 2. The summed E-state index contributed by atoms with van der Waals surface area (Å²) < 4.78 is 25.8. The summed E-state index contributed by atoms with van der Waals surface area (Å²) in [6.45, 7) is 1.75. The molecule has 0 amide bonds. The average Bonchev–Trinajstić information content (AvgIpc) is 2.29. The molecule has 0 aliphatic heterocycles. The van der Waals surface area contributed by atoms with E-state index in [9.17, 15) is 8.42 Å². The first kappa shape index (κ1) is 13.2. The third kappa shape index (κ3) is 3.28. The molecule has 0 saturated heterocycles. The van der Waals surface area contributed by atoms with Gasteiger partial charge in [0.2, 0.25) is 10.0 Å². The van der Waals surface area contributed by atoms with E-state index in [1.807, 2.05) is 12.1 Å². The van der Waals surface area contributed by atoms with Crippen LogP contribution in [0.2, 0.25) is 0 Å². The van der Waals surface area contributed by atoms with Gasteiger partial charge in [0.05, 0.1) is 22.6 Å². The Bertz CT molecular complexity index is 594. The van der Waals surface area contributed by atoms with E-state index in [0.717, 1.165) is 0 Å². The topological polar surface area (TPSA) is 93.8 Å². The van der Waals surface area contributed by atoms with Gasteiger partial charge in [-0.1, -0.05) is 0 Å². The standard InChI is InChI=1S/C11H11N3O2S/c1-9-7-11(4-3-10(9)8-13)17(15,16)14-6-2-5-12/h3-4,7,14H,2,6H2,1H3. The predicted molar refractivity (Wildman–Crippen MR) is 61.3 cm³/mol. The van der Waals surface area contributed by atoms with Gasteiger partial charge in [0, 0.05) is 13.0 Å². The van der Waals surface area contributed by atoms with Crippen molar-refractivity contribution < 1.29 is 8.42 Å². The number of hydrogen-bond acceptors (Lipinski definition) is 4. The lowest BCUT2D eigenvalue weighted by atomic mass is 10.1. The maximum Gasteiger partial charge on any atom is 0.240 e. The Balaban J connectivity index is 2.98. The SMILES string of the molecule is Cc1cc(S(=O)(=O)NCCC#N)ccc1C#N. The van der Waals surface area contributed by atoms with Crippen molar-refractivity contribution in [2.24, 2.45) is 0 Å². The quantitative estimate of drug-likeness (QED) is 0.807. The van der Waals surface area contributed by atoms with E-state index in [1.54, 1.807) is 6.92 Å². The Labute approximate surface area is 100 Å². The van der Waals surface area contributed by atoms with Gasteiger partial charge in [-0.2, -0.15) is 10.5 Å². The van der Waals surface area contributed by atoms with Crippen LogP contribution in [0.3, 0.4) is 0 Å². The molecule has 0 aromatic heterocycles. The van der Waals surface area contributed by atoms with E-state index in [0.29, 0.717) is 11.1 Å². The Morgan fingerprint density at radius 2 is 2.06 bits per heavy atom. The zero-order valence-electron chi connectivity index (χ0n) is 9.27. The number of hydrogen-bond donors (Lipinski definition) is 1. The second kappa shape index (κ2) is 5.44. The summed E-state index contributed by atoms with van der Waals surface area (Å²) in [6, 6.07) is 8.10. The Morgan fingerprint density at radius 3 is 2.59 bits per heavy atom. The molecule has 5 nitrogen and oxygen atoms in total. The summed E-state index contributed by atoms with van der Waals surface area (Å²) in [5, 5.41) is 17.1. The van der Waals surface area contributed by atoms with Crippen molar-refractivity contribution in [2.45, 2.75) is 18.2 Å². The van der Waals surface area contributed by atoms with Gasteiger partial charge in [-0.05, 0) is 30.7 Å². The molecule has 0 radical (unpaired) electrons. The monoisotopic (exact) mass is 249 g/mol. The van der Waals surface area contributed by atoms with E-state index in [2.05, 4.69) is 4.72 Å². The fourth-order valence-electron chi connectivity index (χ4n) is 1.25. The summed E-state index contributed by atoms with van der Waals surface area (Å²) in [7, 11) is -3.59. The molecule has 0 saturated carbocycles. The van der Waals surface area contributed by atoms with Crippen LogP contribution in [-0.4, -0.2) is 15.0 Å². The molecule has 6 heteroatoms. The van der Waals surface area contributed by atoms with Crippen molar-refractivity contribution in [2.75, 3.05) is 6.54 Å². The van der Waals surface area contributed by atoms with E-state index < -0.39 is 10.0 Å². The maximum absolute atomic E-state index is 11.8. The smallest absolute Gasteiger partial charge is 0.210 e. The Morgan fingerprint density at radius 1 is 1.35 bits per heavy atom. The second-order valence-electron chi connectivity index (χ2n) is 3.39. The van der Waals surface area contributed by atoms with Crippen LogP contribution in [0.25, 0.3) is 0 Å². The lowest BCUT2D eigenvalue weighted by Crippen LogP contribution is -2.24. The minimum atomic E-state index is -3.59. The van der Waals surface area contributed by atoms with Crippen molar-refractivity contribution in [3.63, 3.8) is 0 Å². The molecule has 0 bridgehead atoms. The molecule has 0 unspecified atom stereocenters. The summed E-state index contributed by atoms with van der Waals surface area (Å²) in [6.07, 6.45) is 0.120. The first-order valence-corrected chi connectivity index (χ1v) is 6.37. The van der Waals surface area contributed by atoms with Gasteiger partial charge in [0.1, 0.15) is 0 Å². The van der Waals surface area contributed by atoms with Crippen molar-refractivity contribution in [3.05, 3.63) is 29.3 Å².